The molecule has 1 aliphatic carbocycles. The van der Waals surface area contributed by atoms with Gasteiger partial charge in [-0.05, 0) is 117 Å². The van der Waals surface area contributed by atoms with Crippen molar-refractivity contribution in [2.45, 2.75) is 25.7 Å². The van der Waals surface area contributed by atoms with Crippen molar-refractivity contribution in [2.75, 3.05) is 9.80 Å². The molecule has 54 heavy (non-hydrogen) atoms. The molecule has 260 valence electrons. The second kappa shape index (κ2) is 13.7. The van der Waals surface area contributed by atoms with Crippen LogP contribution in [0.15, 0.2) is 206 Å². The predicted molar refractivity (Wildman–Crippen MR) is 230 cm³/mol. The van der Waals surface area contributed by atoms with Gasteiger partial charge in [-0.1, -0.05) is 154 Å². The van der Waals surface area contributed by atoms with E-state index in [-0.39, 0.29) is 5.41 Å². The molecule has 1 aliphatic heterocycles. The molecule has 0 spiro atoms. The van der Waals surface area contributed by atoms with Crippen molar-refractivity contribution in [3.05, 3.63) is 217 Å². The Morgan fingerprint density at radius 3 is 1.57 bits per heavy atom. The summed E-state index contributed by atoms with van der Waals surface area (Å²) in [4.78, 5) is 4.95. The van der Waals surface area contributed by atoms with E-state index in [1.807, 2.05) is 0 Å². The van der Waals surface area contributed by atoms with E-state index in [2.05, 4.69) is 224 Å². The van der Waals surface area contributed by atoms with Gasteiger partial charge in [0.25, 0.3) is 0 Å². The molecule has 2 aliphatic rings. The molecule has 0 unspecified atom stereocenters. The number of anilines is 6. The Bertz CT molecular complexity index is 2490. The van der Waals surface area contributed by atoms with E-state index in [9.17, 15) is 0 Å². The maximum absolute atomic E-state index is 4.56. The summed E-state index contributed by atoms with van der Waals surface area (Å²) >= 11 is 0. The SMILES string of the molecule is C=C1/C=C\C=C/Cc2c(ccc3c2N(c2ccccc2)c2cc(-c4cc(-c5ccccc5)cc(-c5ccccc5)c4)ccc2N3c2ccccc2)C1(C)C. The Morgan fingerprint density at radius 1 is 0.463 bits per heavy atom. The van der Waals surface area contributed by atoms with Gasteiger partial charge in [0, 0.05) is 16.8 Å². The number of fused-ring (bicyclic) bond motifs is 4. The van der Waals surface area contributed by atoms with Crippen LogP contribution in [0.25, 0.3) is 33.4 Å². The second-order valence-corrected chi connectivity index (χ2v) is 14.7. The first-order valence-corrected chi connectivity index (χ1v) is 18.8. The summed E-state index contributed by atoms with van der Waals surface area (Å²) in [6, 6.07) is 61.7. The van der Waals surface area contributed by atoms with Gasteiger partial charge in [0.15, 0.2) is 0 Å². The molecule has 0 radical (unpaired) electrons. The monoisotopic (exact) mass is 694 g/mol. The van der Waals surface area contributed by atoms with Crippen LogP contribution >= 0.6 is 0 Å². The number of hydrogen-bond acceptors (Lipinski definition) is 2. The standard InChI is InChI=1S/C52H42N2/c1-37-19-9-4-18-28-46-47(52(37,2)3)30-32-49-51(46)54(45-26-16-8-17-27-45)50-36-40(29-31-48(50)53(49)44-24-14-7-15-25-44)43-34-41(38-20-10-5-11-21-38)33-42(35-43)39-22-12-6-13-23-39/h4-27,29-36H,1,28H2,2-3H3/b18-4-,19-9-. The number of nitrogens with zero attached hydrogens (tertiary/aromatic N) is 2. The molecule has 7 aromatic carbocycles. The fourth-order valence-electron chi connectivity index (χ4n) is 8.07. The quantitative estimate of drug-likeness (QED) is 0.177. The van der Waals surface area contributed by atoms with Crippen LogP contribution in [0, 0.1) is 0 Å². The zero-order chi connectivity index (χ0) is 36.6. The lowest BCUT2D eigenvalue weighted by Gasteiger charge is -2.43. The smallest absolute Gasteiger partial charge is 0.0741 e. The molecule has 1 heterocycles. The van der Waals surface area contributed by atoms with Gasteiger partial charge in [0.2, 0.25) is 0 Å². The van der Waals surface area contributed by atoms with Gasteiger partial charge in [-0.2, -0.15) is 0 Å². The van der Waals surface area contributed by atoms with E-state index in [0.29, 0.717) is 0 Å². The molecule has 0 fully saturated rings. The molecule has 0 N–H and O–H groups in total. The Morgan fingerprint density at radius 2 is 0.981 bits per heavy atom. The summed E-state index contributed by atoms with van der Waals surface area (Å²) in [6.45, 7) is 9.16. The van der Waals surface area contributed by atoms with Crippen molar-refractivity contribution >= 4 is 34.1 Å². The summed E-state index contributed by atoms with van der Waals surface area (Å²) < 4.78 is 0. The minimum absolute atomic E-state index is 0.277. The van der Waals surface area contributed by atoms with Crippen LogP contribution in [0.1, 0.15) is 25.0 Å². The molecule has 2 heteroatoms. The summed E-state index contributed by atoms with van der Waals surface area (Å²) in [5.74, 6) is 0. The first-order valence-electron chi connectivity index (χ1n) is 18.8. The molecule has 7 aromatic rings. The fourth-order valence-corrected chi connectivity index (χ4v) is 8.07. The topological polar surface area (TPSA) is 6.48 Å². The zero-order valence-electron chi connectivity index (χ0n) is 30.8. The highest BCUT2D eigenvalue weighted by Gasteiger charge is 2.36. The third-order valence-corrected chi connectivity index (χ3v) is 11.0. The highest BCUT2D eigenvalue weighted by Crippen LogP contribution is 2.58. The first-order chi connectivity index (χ1) is 26.5. The van der Waals surface area contributed by atoms with Crippen LogP contribution in [0.5, 0.6) is 0 Å². The summed E-state index contributed by atoms with van der Waals surface area (Å²) in [5, 5.41) is 0. The van der Waals surface area contributed by atoms with Crippen molar-refractivity contribution in [2.24, 2.45) is 0 Å². The van der Waals surface area contributed by atoms with Gasteiger partial charge in [0.1, 0.15) is 0 Å². The number of rotatable bonds is 5. The minimum Gasteiger partial charge on any atom is -0.306 e. The number of allylic oxidation sites excluding steroid dienone is 5. The van der Waals surface area contributed by atoms with E-state index in [1.54, 1.807) is 0 Å². The fraction of sp³-hybridized carbons (Fsp3) is 0.0769. The lowest BCUT2D eigenvalue weighted by Crippen LogP contribution is -2.28. The third kappa shape index (κ3) is 5.87. The summed E-state index contributed by atoms with van der Waals surface area (Å²) in [5.41, 5.74) is 17.4. The molecule has 0 atom stereocenters. The zero-order valence-corrected chi connectivity index (χ0v) is 30.8. The molecule has 0 saturated heterocycles. The third-order valence-electron chi connectivity index (χ3n) is 11.0. The number of para-hydroxylation sites is 2. The first kappa shape index (κ1) is 33.2. The van der Waals surface area contributed by atoms with Gasteiger partial charge in [-0.25, -0.2) is 0 Å². The van der Waals surface area contributed by atoms with Gasteiger partial charge >= 0.3 is 0 Å². The predicted octanol–water partition coefficient (Wildman–Crippen LogP) is 14.4. The van der Waals surface area contributed by atoms with Crippen molar-refractivity contribution in [1.29, 1.82) is 0 Å². The Balaban J connectivity index is 1.33. The minimum atomic E-state index is -0.277. The van der Waals surface area contributed by atoms with Crippen molar-refractivity contribution in [1.82, 2.24) is 0 Å². The van der Waals surface area contributed by atoms with E-state index < -0.39 is 0 Å². The van der Waals surface area contributed by atoms with E-state index in [1.165, 1.54) is 44.6 Å². The van der Waals surface area contributed by atoms with Crippen molar-refractivity contribution < 1.29 is 0 Å². The molecule has 0 saturated carbocycles. The van der Waals surface area contributed by atoms with Crippen LogP contribution in [0.4, 0.5) is 34.1 Å². The Hall–Kier alpha value is -6.64. The Kier molecular flexibility index (Phi) is 8.44. The van der Waals surface area contributed by atoms with Crippen LogP contribution in [-0.2, 0) is 11.8 Å². The molecule has 0 aromatic heterocycles. The molecule has 0 amide bonds. The van der Waals surface area contributed by atoms with Crippen molar-refractivity contribution in [3.8, 4) is 33.4 Å². The summed E-state index contributed by atoms with van der Waals surface area (Å²) in [7, 11) is 0. The largest absolute Gasteiger partial charge is 0.306 e. The highest BCUT2D eigenvalue weighted by atomic mass is 15.3. The molecular formula is C52H42N2. The van der Waals surface area contributed by atoms with Gasteiger partial charge in [0.05, 0.1) is 22.7 Å². The lowest BCUT2D eigenvalue weighted by atomic mass is 9.74. The average Bonchev–Trinajstić information content (AvgIpc) is 3.28. The second-order valence-electron chi connectivity index (χ2n) is 14.7. The normalized spacial score (nSPS) is 15.6. The van der Waals surface area contributed by atoms with Gasteiger partial charge in [-0.15, -0.1) is 0 Å². The average molecular weight is 695 g/mol. The maximum Gasteiger partial charge on any atom is 0.0741 e. The van der Waals surface area contributed by atoms with Crippen LogP contribution in [-0.4, -0.2) is 0 Å². The highest BCUT2D eigenvalue weighted by molar-refractivity contribution is 6.04. The maximum atomic E-state index is 4.56. The number of hydrogen-bond donors (Lipinski definition) is 0. The van der Waals surface area contributed by atoms with Crippen LogP contribution < -0.4 is 9.80 Å². The van der Waals surface area contributed by atoms with E-state index in [0.717, 1.165) is 46.0 Å². The van der Waals surface area contributed by atoms with E-state index >= 15 is 0 Å². The molecule has 9 rings (SSSR count). The van der Waals surface area contributed by atoms with Crippen LogP contribution in [0.3, 0.4) is 0 Å². The lowest BCUT2D eigenvalue weighted by molar-refractivity contribution is 0.635. The molecule has 2 nitrogen and oxygen atoms in total. The van der Waals surface area contributed by atoms with E-state index in [4.69, 9.17) is 0 Å². The number of benzene rings is 7. The molecular weight excluding hydrogens is 653 g/mol. The van der Waals surface area contributed by atoms with Crippen LogP contribution in [0.2, 0.25) is 0 Å². The summed E-state index contributed by atoms with van der Waals surface area (Å²) in [6.07, 6.45) is 9.52. The molecule has 0 bridgehead atoms. The Labute approximate surface area is 319 Å². The van der Waals surface area contributed by atoms with Gasteiger partial charge < -0.3 is 9.80 Å². The van der Waals surface area contributed by atoms with Gasteiger partial charge in [-0.3, -0.25) is 0 Å². The van der Waals surface area contributed by atoms with Crippen molar-refractivity contribution in [3.63, 3.8) is 0 Å².